The highest BCUT2D eigenvalue weighted by Crippen LogP contribution is 2.23. The number of oxazole rings is 1. The zero-order valence-corrected chi connectivity index (χ0v) is 17.5. The van der Waals surface area contributed by atoms with Gasteiger partial charge in [0.1, 0.15) is 5.52 Å². The summed E-state index contributed by atoms with van der Waals surface area (Å²) in [6, 6.07) is 11.3. The van der Waals surface area contributed by atoms with Gasteiger partial charge in [-0.3, -0.25) is 14.5 Å². The van der Waals surface area contributed by atoms with Gasteiger partial charge in [0, 0.05) is 39.3 Å². The van der Waals surface area contributed by atoms with Gasteiger partial charge in [0.05, 0.1) is 10.6 Å². The number of thiophene rings is 1. The van der Waals surface area contributed by atoms with Crippen molar-refractivity contribution >= 4 is 46.0 Å². The molecule has 0 saturated carbocycles. The molecule has 7 nitrogen and oxygen atoms in total. The molecule has 0 bridgehead atoms. The van der Waals surface area contributed by atoms with Crippen molar-refractivity contribution in [2.45, 2.75) is 5.22 Å². The van der Waals surface area contributed by atoms with E-state index in [-0.39, 0.29) is 11.8 Å². The first-order chi connectivity index (χ1) is 14.2. The van der Waals surface area contributed by atoms with E-state index >= 15 is 0 Å². The Hall–Kier alpha value is -2.36. The van der Waals surface area contributed by atoms with Crippen LogP contribution in [0.15, 0.2) is 51.4 Å². The lowest BCUT2D eigenvalue weighted by Crippen LogP contribution is -2.50. The highest BCUT2D eigenvalue weighted by atomic mass is 32.2. The molecular weight excluding hydrogens is 408 g/mol. The SMILES string of the molecule is O=C(NCCN1CCN(C(=O)CSc2nc3ccccc3o2)CC1)c1cccs1. The van der Waals surface area contributed by atoms with Crippen LogP contribution in [0.2, 0.25) is 0 Å². The van der Waals surface area contributed by atoms with Crippen molar-refractivity contribution in [1.82, 2.24) is 20.1 Å². The molecule has 0 aliphatic carbocycles. The minimum Gasteiger partial charge on any atom is -0.431 e. The molecule has 2 amide bonds. The Labute approximate surface area is 177 Å². The number of nitrogens with one attached hydrogen (secondary N) is 1. The maximum Gasteiger partial charge on any atom is 0.261 e. The highest BCUT2D eigenvalue weighted by Gasteiger charge is 2.21. The van der Waals surface area contributed by atoms with Gasteiger partial charge >= 0.3 is 0 Å². The minimum absolute atomic E-state index is 0.0231. The summed E-state index contributed by atoms with van der Waals surface area (Å²) in [7, 11) is 0. The van der Waals surface area contributed by atoms with Gasteiger partial charge in [-0.1, -0.05) is 30.0 Å². The van der Waals surface area contributed by atoms with Crippen LogP contribution in [-0.4, -0.2) is 71.6 Å². The summed E-state index contributed by atoms with van der Waals surface area (Å²) >= 11 is 2.78. The summed E-state index contributed by atoms with van der Waals surface area (Å²) in [6.45, 7) is 4.43. The summed E-state index contributed by atoms with van der Waals surface area (Å²) in [5, 5.41) is 5.37. The van der Waals surface area contributed by atoms with Crippen molar-refractivity contribution in [3.05, 3.63) is 46.7 Å². The number of benzene rings is 1. The lowest BCUT2D eigenvalue weighted by Gasteiger charge is -2.34. The fourth-order valence-corrected chi connectivity index (χ4v) is 4.55. The van der Waals surface area contributed by atoms with Crippen LogP contribution in [0.4, 0.5) is 0 Å². The second-order valence-electron chi connectivity index (χ2n) is 6.69. The lowest BCUT2D eigenvalue weighted by molar-refractivity contribution is -0.130. The van der Waals surface area contributed by atoms with Crippen LogP contribution < -0.4 is 5.32 Å². The maximum atomic E-state index is 12.5. The molecule has 29 heavy (non-hydrogen) atoms. The van der Waals surface area contributed by atoms with Crippen LogP contribution in [0.5, 0.6) is 0 Å². The van der Waals surface area contributed by atoms with Gasteiger partial charge in [0.25, 0.3) is 11.1 Å². The normalized spacial score (nSPS) is 15.0. The topological polar surface area (TPSA) is 78.7 Å². The van der Waals surface area contributed by atoms with Crippen LogP contribution >= 0.6 is 23.1 Å². The Kier molecular flexibility index (Phi) is 6.48. The molecule has 0 atom stereocenters. The third kappa shape index (κ3) is 5.17. The smallest absolute Gasteiger partial charge is 0.261 e. The van der Waals surface area contributed by atoms with E-state index in [0.717, 1.165) is 35.6 Å². The van der Waals surface area contributed by atoms with Gasteiger partial charge in [-0.25, -0.2) is 4.98 Å². The van der Waals surface area contributed by atoms with E-state index in [1.54, 1.807) is 0 Å². The van der Waals surface area contributed by atoms with E-state index in [2.05, 4.69) is 15.2 Å². The number of carbonyl (C=O) groups excluding carboxylic acids is 2. The van der Waals surface area contributed by atoms with Gasteiger partial charge in [-0.05, 0) is 23.6 Å². The molecule has 0 radical (unpaired) electrons. The van der Waals surface area contributed by atoms with Crippen molar-refractivity contribution in [2.75, 3.05) is 45.0 Å². The number of fused-ring (bicyclic) bond motifs is 1. The first-order valence-electron chi connectivity index (χ1n) is 9.49. The lowest BCUT2D eigenvalue weighted by atomic mass is 10.3. The first kappa shape index (κ1) is 19.9. The van der Waals surface area contributed by atoms with Crippen LogP contribution in [-0.2, 0) is 4.79 Å². The van der Waals surface area contributed by atoms with E-state index < -0.39 is 0 Å². The molecule has 0 unspecified atom stereocenters. The van der Waals surface area contributed by atoms with Crippen LogP contribution in [0.3, 0.4) is 0 Å². The quantitative estimate of drug-likeness (QED) is 0.581. The van der Waals surface area contributed by atoms with Crippen molar-refractivity contribution in [3.8, 4) is 0 Å². The predicted molar refractivity (Wildman–Crippen MR) is 114 cm³/mol. The minimum atomic E-state index is -0.0231. The third-order valence-electron chi connectivity index (χ3n) is 4.78. The second-order valence-corrected chi connectivity index (χ2v) is 8.57. The van der Waals surface area contributed by atoms with Crippen molar-refractivity contribution in [2.24, 2.45) is 0 Å². The van der Waals surface area contributed by atoms with Gasteiger partial charge in [-0.2, -0.15) is 0 Å². The van der Waals surface area contributed by atoms with E-state index in [0.29, 0.717) is 30.6 Å². The van der Waals surface area contributed by atoms with E-state index in [1.807, 2.05) is 46.7 Å². The van der Waals surface area contributed by atoms with Crippen LogP contribution in [0, 0.1) is 0 Å². The number of nitrogens with zero attached hydrogens (tertiary/aromatic N) is 3. The summed E-state index contributed by atoms with van der Waals surface area (Å²) < 4.78 is 5.65. The molecule has 1 aromatic carbocycles. The number of piperazine rings is 1. The number of amides is 2. The summed E-state index contributed by atoms with van der Waals surface area (Å²) in [5.74, 6) is 0.400. The fourth-order valence-electron chi connectivity index (χ4n) is 3.17. The number of aromatic nitrogens is 1. The van der Waals surface area contributed by atoms with Crippen molar-refractivity contribution in [3.63, 3.8) is 0 Å². The number of carbonyl (C=O) groups is 2. The van der Waals surface area contributed by atoms with E-state index in [4.69, 9.17) is 4.42 Å². The molecule has 2 aromatic heterocycles. The van der Waals surface area contributed by atoms with Crippen LogP contribution in [0.1, 0.15) is 9.67 Å². The molecule has 1 aliphatic rings. The molecule has 4 rings (SSSR count). The second kappa shape index (κ2) is 9.43. The molecule has 9 heteroatoms. The van der Waals surface area contributed by atoms with Gasteiger partial charge in [0.2, 0.25) is 5.91 Å². The number of rotatable bonds is 7. The fraction of sp³-hybridized carbons (Fsp3) is 0.350. The molecule has 1 aliphatic heterocycles. The van der Waals surface area contributed by atoms with E-state index in [9.17, 15) is 9.59 Å². The van der Waals surface area contributed by atoms with Crippen molar-refractivity contribution < 1.29 is 14.0 Å². The predicted octanol–water partition coefficient (Wildman–Crippen LogP) is 2.56. The molecule has 3 heterocycles. The van der Waals surface area contributed by atoms with Gasteiger partial charge in [0.15, 0.2) is 5.58 Å². The van der Waals surface area contributed by atoms with Gasteiger partial charge < -0.3 is 14.6 Å². The average Bonchev–Trinajstić information content (AvgIpc) is 3.42. The van der Waals surface area contributed by atoms with Crippen LogP contribution in [0.25, 0.3) is 11.1 Å². The Morgan fingerprint density at radius 1 is 1.14 bits per heavy atom. The first-order valence-corrected chi connectivity index (χ1v) is 11.4. The number of hydrogen-bond donors (Lipinski definition) is 1. The van der Waals surface area contributed by atoms with Gasteiger partial charge in [-0.15, -0.1) is 11.3 Å². The molecule has 1 N–H and O–H groups in total. The Balaban J connectivity index is 1.16. The maximum absolute atomic E-state index is 12.5. The summed E-state index contributed by atoms with van der Waals surface area (Å²) in [6.07, 6.45) is 0. The number of thioether (sulfide) groups is 1. The summed E-state index contributed by atoms with van der Waals surface area (Å²) in [5.41, 5.74) is 1.55. The largest absolute Gasteiger partial charge is 0.431 e. The molecule has 3 aromatic rings. The standard InChI is InChI=1S/C20H22N4O3S2/c25-18(14-29-20-22-15-4-1-2-5-16(15)27-20)24-11-9-23(10-12-24)8-7-21-19(26)17-6-3-13-28-17/h1-6,13H,7-12,14H2,(H,21,26). The number of para-hydroxylation sites is 2. The molecule has 1 saturated heterocycles. The van der Waals surface area contributed by atoms with E-state index in [1.165, 1.54) is 23.1 Å². The Morgan fingerprint density at radius 2 is 1.97 bits per heavy atom. The zero-order valence-electron chi connectivity index (χ0n) is 15.9. The zero-order chi connectivity index (χ0) is 20.1. The Bertz CT molecular complexity index is 932. The average molecular weight is 431 g/mol. The molecule has 152 valence electrons. The monoisotopic (exact) mass is 430 g/mol. The number of hydrogen-bond acceptors (Lipinski definition) is 7. The molecule has 0 spiro atoms. The molecule has 1 fully saturated rings. The molecular formula is C20H22N4O3S2. The highest BCUT2D eigenvalue weighted by molar-refractivity contribution is 7.99. The third-order valence-corrected chi connectivity index (χ3v) is 6.46. The summed E-state index contributed by atoms with van der Waals surface area (Å²) in [4.78, 5) is 33.7. The van der Waals surface area contributed by atoms with Crippen molar-refractivity contribution in [1.29, 1.82) is 0 Å². The Morgan fingerprint density at radius 3 is 2.72 bits per heavy atom.